The molecule has 0 aliphatic carbocycles. The fourth-order valence-corrected chi connectivity index (χ4v) is 4.96. The first kappa shape index (κ1) is 28.3. The van der Waals surface area contributed by atoms with Crippen molar-refractivity contribution in [2.75, 3.05) is 26.2 Å². The monoisotopic (exact) mass is 537 g/mol. The third-order valence-electron chi connectivity index (χ3n) is 7.14. The lowest BCUT2D eigenvalue weighted by molar-refractivity contribution is -0.118. The molecule has 4 rings (SSSR count). The van der Waals surface area contributed by atoms with Gasteiger partial charge in [-0.15, -0.1) is 0 Å². The topological polar surface area (TPSA) is 80.2 Å². The number of aliphatic imine (C=N–C) groups is 1. The van der Waals surface area contributed by atoms with Gasteiger partial charge in [0, 0.05) is 38.8 Å². The van der Waals surface area contributed by atoms with Gasteiger partial charge in [-0.05, 0) is 56.9 Å². The SMILES string of the molecule is C/C=C(\N=C1C(=C(C)C)NCCN1Cc1c(F)ccc(F)c1O)C(=O)NC1CCN(Cc2ccccc2)CC1. The van der Waals surface area contributed by atoms with Crippen molar-refractivity contribution >= 4 is 11.7 Å². The van der Waals surface area contributed by atoms with Crippen molar-refractivity contribution in [2.45, 2.75) is 52.7 Å². The van der Waals surface area contributed by atoms with Gasteiger partial charge in [0.15, 0.2) is 17.4 Å². The fraction of sp³-hybridized carbons (Fsp3) is 0.400. The molecular formula is C30H37F2N5O2. The first-order chi connectivity index (χ1) is 18.8. The number of amides is 1. The maximum absolute atomic E-state index is 14.5. The lowest BCUT2D eigenvalue weighted by Crippen LogP contribution is -2.47. The molecule has 1 amide bonds. The van der Waals surface area contributed by atoms with E-state index >= 15 is 0 Å². The standard InChI is InChI=1S/C30H37F2N5O2/c1-4-26(30(39)34-22-12-15-36(16-13-22)18-21-8-6-5-7-9-21)35-29-27(20(2)3)33-14-17-37(29)19-23-24(31)10-11-25(32)28(23)38/h4-11,22,33,38H,12-19H2,1-3H3,(H,34,39)/b26-4-,35-29?. The van der Waals surface area contributed by atoms with E-state index in [0.29, 0.717) is 18.9 Å². The lowest BCUT2D eigenvalue weighted by atomic mass is 10.0. The second kappa shape index (κ2) is 12.9. The van der Waals surface area contributed by atoms with Crippen LogP contribution in [0.25, 0.3) is 0 Å². The number of piperidine rings is 1. The minimum absolute atomic E-state index is 0.0431. The van der Waals surface area contributed by atoms with Gasteiger partial charge in [0.1, 0.15) is 11.5 Å². The lowest BCUT2D eigenvalue weighted by Gasteiger charge is -2.34. The van der Waals surface area contributed by atoms with Crippen molar-refractivity contribution in [3.8, 4) is 5.75 Å². The average Bonchev–Trinajstić information content (AvgIpc) is 2.93. The number of aromatic hydroxyl groups is 1. The van der Waals surface area contributed by atoms with E-state index in [0.717, 1.165) is 55.9 Å². The summed E-state index contributed by atoms with van der Waals surface area (Å²) in [5.41, 5.74) is 3.03. The van der Waals surface area contributed by atoms with Crippen LogP contribution >= 0.6 is 0 Å². The number of carbonyl (C=O) groups excluding carboxylic acids is 1. The Bertz CT molecular complexity index is 1260. The van der Waals surface area contributed by atoms with Gasteiger partial charge in [0.25, 0.3) is 5.91 Å². The highest BCUT2D eigenvalue weighted by molar-refractivity contribution is 6.03. The molecule has 0 saturated carbocycles. The van der Waals surface area contributed by atoms with Crippen LogP contribution in [0.5, 0.6) is 5.75 Å². The quantitative estimate of drug-likeness (QED) is 0.455. The molecule has 39 heavy (non-hydrogen) atoms. The largest absolute Gasteiger partial charge is 0.505 e. The first-order valence-corrected chi connectivity index (χ1v) is 13.4. The Hall–Kier alpha value is -3.72. The number of piperazine rings is 1. The third kappa shape index (κ3) is 7.03. The van der Waals surface area contributed by atoms with Gasteiger partial charge in [-0.25, -0.2) is 13.8 Å². The predicted octanol–water partition coefficient (Wildman–Crippen LogP) is 4.45. The molecular weight excluding hydrogens is 500 g/mol. The Morgan fingerprint density at radius 3 is 2.44 bits per heavy atom. The molecule has 2 fully saturated rings. The van der Waals surface area contributed by atoms with Crippen LogP contribution < -0.4 is 10.6 Å². The molecule has 2 aliphatic rings. The second-order valence-corrected chi connectivity index (χ2v) is 10.2. The van der Waals surface area contributed by atoms with E-state index in [1.165, 1.54) is 5.56 Å². The van der Waals surface area contributed by atoms with Crippen molar-refractivity contribution in [1.29, 1.82) is 0 Å². The zero-order valence-electron chi connectivity index (χ0n) is 22.8. The molecule has 0 radical (unpaired) electrons. The third-order valence-corrected chi connectivity index (χ3v) is 7.14. The Morgan fingerprint density at radius 2 is 1.77 bits per heavy atom. The maximum Gasteiger partial charge on any atom is 0.269 e. The number of phenolic OH excluding ortho intramolecular Hbond substituents is 1. The number of nitrogens with zero attached hydrogens (tertiary/aromatic N) is 3. The van der Waals surface area contributed by atoms with Gasteiger partial charge < -0.3 is 20.6 Å². The van der Waals surface area contributed by atoms with Crippen LogP contribution in [-0.4, -0.2) is 58.9 Å². The van der Waals surface area contributed by atoms with Gasteiger partial charge in [-0.1, -0.05) is 36.4 Å². The number of carbonyl (C=O) groups is 1. The highest BCUT2D eigenvalue weighted by Gasteiger charge is 2.27. The number of amidine groups is 1. The van der Waals surface area contributed by atoms with Crippen molar-refractivity contribution in [2.24, 2.45) is 4.99 Å². The summed E-state index contributed by atoms with van der Waals surface area (Å²) in [5.74, 6) is -2.12. The molecule has 0 spiro atoms. The Labute approximate surface area is 228 Å². The van der Waals surface area contributed by atoms with E-state index in [1.54, 1.807) is 17.9 Å². The Balaban J connectivity index is 1.47. The van der Waals surface area contributed by atoms with Gasteiger partial charge in [-0.2, -0.15) is 0 Å². The number of hydrogen-bond donors (Lipinski definition) is 3. The molecule has 2 heterocycles. The number of phenols is 1. The number of hydrogen-bond acceptors (Lipinski definition) is 5. The summed E-state index contributed by atoms with van der Waals surface area (Å²) in [4.78, 5) is 22.1. The summed E-state index contributed by atoms with van der Waals surface area (Å²) in [5, 5.41) is 16.6. The molecule has 3 N–H and O–H groups in total. The highest BCUT2D eigenvalue weighted by Crippen LogP contribution is 2.27. The van der Waals surface area contributed by atoms with E-state index in [1.807, 2.05) is 32.0 Å². The summed E-state index contributed by atoms with van der Waals surface area (Å²) in [7, 11) is 0. The molecule has 9 heteroatoms. The molecule has 2 aliphatic heterocycles. The molecule has 2 aromatic rings. The number of halogens is 2. The molecule has 208 valence electrons. The van der Waals surface area contributed by atoms with Gasteiger partial charge >= 0.3 is 0 Å². The zero-order valence-corrected chi connectivity index (χ0v) is 22.8. The van der Waals surface area contributed by atoms with Crippen molar-refractivity contribution in [3.63, 3.8) is 0 Å². The Kier molecular flexibility index (Phi) is 9.35. The normalized spacial score (nSPS) is 18.3. The molecule has 0 aromatic heterocycles. The molecule has 0 bridgehead atoms. The summed E-state index contributed by atoms with van der Waals surface area (Å²) < 4.78 is 28.5. The minimum Gasteiger partial charge on any atom is -0.505 e. The van der Waals surface area contributed by atoms with Crippen molar-refractivity contribution < 1.29 is 18.7 Å². The Morgan fingerprint density at radius 1 is 1.08 bits per heavy atom. The number of nitrogens with one attached hydrogen (secondary N) is 2. The number of rotatable bonds is 7. The van der Waals surface area contributed by atoms with Crippen LogP contribution in [-0.2, 0) is 17.9 Å². The van der Waals surface area contributed by atoms with Crippen LogP contribution in [0.1, 0.15) is 44.7 Å². The molecule has 2 saturated heterocycles. The summed E-state index contributed by atoms with van der Waals surface area (Å²) in [6.07, 6.45) is 3.34. The summed E-state index contributed by atoms with van der Waals surface area (Å²) in [6, 6.07) is 12.3. The average molecular weight is 538 g/mol. The number of likely N-dealkylation sites (tertiary alicyclic amines) is 1. The van der Waals surface area contributed by atoms with E-state index in [4.69, 9.17) is 4.99 Å². The zero-order chi connectivity index (χ0) is 27.9. The van der Waals surface area contributed by atoms with Crippen LogP contribution in [0.4, 0.5) is 8.78 Å². The molecule has 7 nitrogen and oxygen atoms in total. The van der Waals surface area contributed by atoms with Gasteiger partial charge in [-0.3, -0.25) is 9.69 Å². The maximum atomic E-state index is 14.5. The van der Waals surface area contributed by atoms with Crippen LogP contribution in [0.2, 0.25) is 0 Å². The fourth-order valence-electron chi connectivity index (χ4n) is 4.96. The minimum atomic E-state index is -0.884. The molecule has 2 aromatic carbocycles. The second-order valence-electron chi connectivity index (χ2n) is 10.2. The summed E-state index contributed by atoms with van der Waals surface area (Å²) in [6.45, 7) is 9.16. The van der Waals surface area contributed by atoms with Crippen molar-refractivity contribution in [1.82, 2.24) is 20.4 Å². The number of allylic oxidation sites excluding steroid dienone is 2. The molecule has 0 atom stereocenters. The number of benzene rings is 2. The van der Waals surface area contributed by atoms with Crippen molar-refractivity contribution in [3.05, 3.63) is 88.3 Å². The summed E-state index contributed by atoms with van der Waals surface area (Å²) >= 11 is 0. The van der Waals surface area contributed by atoms with Crippen LogP contribution in [0.15, 0.2) is 70.5 Å². The van der Waals surface area contributed by atoms with Gasteiger partial charge in [0.2, 0.25) is 0 Å². The highest BCUT2D eigenvalue weighted by atomic mass is 19.1. The van der Waals surface area contributed by atoms with E-state index < -0.39 is 17.4 Å². The predicted molar refractivity (Wildman–Crippen MR) is 149 cm³/mol. The molecule has 0 unspecified atom stereocenters. The van der Waals surface area contributed by atoms with E-state index in [-0.39, 0.29) is 29.8 Å². The van der Waals surface area contributed by atoms with Gasteiger partial charge in [0.05, 0.1) is 17.8 Å². The first-order valence-electron chi connectivity index (χ1n) is 13.4. The van der Waals surface area contributed by atoms with Crippen LogP contribution in [0.3, 0.4) is 0 Å². The van der Waals surface area contributed by atoms with E-state index in [2.05, 4.69) is 27.7 Å². The smallest absolute Gasteiger partial charge is 0.269 e. The van der Waals surface area contributed by atoms with Crippen LogP contribution in [0, 0.1) is 11.6 Å². The van der Waals surface area contributed by atoms with E-state index in [9.17, 15) is 18.7 Å².